The normalized spacial score (nSPS) is 13.6. The van der Waals surface area contributed by atoms with E-state index in [0.29, 0.717) is 18.0 Å². The van der Waals surface area contributed by atoms with Crippen molar-refractivity contribution in [3.63, 3.8) is 0 Å². The topological polar surface area (TPSA) is 84.2 Å². The summed E-state index contributed by atoms with van der Waals surface area (Å²) in [6.07, 6.45) is 3.09. The Bertz CT molecular complexity index is 1080. The first-order chi connectivity index (χ1) is 15.2. The molecule has 2 N–H and O–H groups in total. The number of carbonyl (C=O) groups excluding carboxylic acids is 1. The van der Waals surface area contributed by atoms with Crippen LogP contribution in [0.5, 0.6) is 0 Å². The molecule has 7 heteroatoms. The second kappa shape index (κ2) is 9.86. The number of aromatic nitrogens is 2. The standard InChI is InChI=1S/C25H33N3O3S/c1-6-18(7-2)28-21-11-10-17(23(29)27-25(5,24(30)31)15-16(3)4)13-20(21)26-22(28)14-19-9-8-12-32-19/h8-13,16,18H,6-7,14-15H2,1-5H3,(H,27,29)(H,30,31)/t25-/m1/s1. The third-order valence-electron chi connectivity index (χ3n) is 5.92. The number of benzene rings is 1. The number of aliphatic carboxylic acids is 1. The molecule has 0 radical (unpaired) electrons. The summed E-state index contributed by atoms with van der Waals surface area (Å²) >= 11 is 1.71. The Kier molecular flexibility index (Phi) is 7.39. The molecule has 0 aliphatic heterocycles. The Morgan fingerprint density at radius 1 is 1.22 bits per heavy atom. The van der Waals surface area contributed by atoms with Crippen LogP contribution >= 0.6 is 11.3 Å². The summed E-state index contributed by atoms with van der Waals surface area (Å²) in [5, 5.41) is 14.5. The van der Waals surface area contributed by atoms with Crippen LogP contribution in [0.2, 0.25) is 0 Å². The van der Waals surface area contributed by atoms with Crippen LogP contribution in [0.3, 0.4) is 0 Å². The highest BCUT2D eigenvalue weighted by atomic mass is 32.1. The van der Waals surface area contributed by atoms with Crippen molar-refractivity contribution in [1.82, 2.24) is 14.9 Å². The van der Waals surface area contributed by atoms with Crippen LogP contribution in [0.15, 0.2) is 35.7 Å². The minimum absolute atomic E-state index is 0.134. The number of imidazole rings is 1. The van der Waals surface area contributed by atoms with Crippen molar-refractivity contribution >= 4 is 34.2 Å². The number of nitrogens with one attached hydrogen (secondary N) is 1. The Morgan fingerprint density at radius 2 is 1.94 bits per heavy atom. The summed E-state index contributed by atoms with van der Waals surface area (Å²) < 4.78 is 2.30. The fourth-order valence-corrected chi connectivity index (χ4v) is 5.08. The number of hydrogen-bond acceptors (Lipinski definition) is 4. The lowest BCUT2D eigenvalue weighted by molar-refractivity contribution is -0.144. The zero-order chi connectivity index (χ0) is 23.5. The van der Waals surface area contributed by atoms with E-state index >= 15 is 0 Å². The molecule has 0 spiro atoms. The smallest absolute Gasteiger partial charge is 0.329 e. The van der Waals surface area contributed by atoms with Gasteiger partial charge in [-0.15, -0.1) is 11.3 Å². The molecule has 3 rings (SSSR count). The molecule has 0 aliphatic carbocycles. The van der Waals surface area contributed by atoms with Crippen LogP contribution in [-0.2, 0) is 11.2 Å². The van der Waals surface area contributed by atoms with Crippen LogP contribution in [-0.4, -0.2) is 32.1 Å². The van der Waals surface area contributed by atoms with Gasteiger partial charge in [-0.2, -0.15) is 0 Å². The fourth-order valence-electron chi connectivity index (χ4n) is 4.38. The van der Waals surface area contributed by atoms with Gasteiger partial charge in [-0.3, -0.25) is 4.79 Å². The van der Waals surface area contributed by atoms with E-state index in [1.165, 1.54) is 4.88 Å². The summed E-state index contributed by atoms with van der Waals surface area (Å²) in [4.78, 5) is 31.0. The molecule has 0 saturated heterocycles. The van der Waals surface area contributed by atoms with Gasteiger partial charge in [-0.25, -0.2) is 9.78 Å². The monoisotopic (exact) mass is 455 g/mol. The SMILES string of the molecule is CCC(CC)n1c(Cc2cccs2)nc2cc(C(=O)N[C@](C)(CC(C)C)C(=O)O)ccc21. The average Bonchev–Trinajstić information content (AvgIpc) is 3.36. The summed E-state index contributed by atoms with van der Waals surface area (Å²) in [5.74, 6) is -0.301. The van der Waals surface area contributed by atoms with Crippen molar-refractivity contribution in [1.29, 1.82) is 0 Å². The predicted octanol–water partition coefficient (Wildman–Crippen LogP) is 5.67. The van der Waals surface area contributed by atoms with Gasteiger partial charge in [0.15, 0.2) is 0 Å². The summed E-state index contributed by atoms with van der Waals surface area (Å²) in [6, 6.07) is 9.97. The molecular formula is C25H33N3O3S. The molecule has 3 aromatic rings. The van der Waals surface area contributed by atoms with Crippen LogP contribution in [0.1, 0.15) is 81.0 Å². The van der Waals surface area contributed by atoms with Crippen LogP contribution in [0.4, 0.5) is 0 Å². The minimum atomic E-state index is -1.32. The first kappa shape index (κ1) is 24.0. The number of thiophene rings is 1. The van der Waals surface area contributed by atoms with Gasteiger partial charge >= 0.3 is 5.97 Å². The molecule has 2 heterocycles. The maximum Gasteiger partial charge on any atom is 0.329 e. The van der Waals surface area contributed by atoms with E-state index in [2.05, 4.69) is 35.2 Å². The molecular weight excluding hydrogens is 422 g/mol. The summed E-state index contributed by atoms with van der Waals surface area (Å²) in [6.45, 7) is 9.81. The zero-order valence-electron chi connectivity index (χ0n) is 19.5. The van der Waals surface area contributed by atoms with Crippen LogP contribution in [0, 0.1) is 5.92 Å². The first-order valence-corrected chi connectivity index (χ1v) is 12.2. The van der Waals surface area contributed by atoms with Gasteiger partial charge in [0.25, 0.3) is 5.91 Å². The van der Waals surface area contributed by atoms with Crippen LogP contribution in [0.25, 0.3) is 11.0 Å². The number of nitrogens with zero attached hydrogens (tertiary/aromatic N) is 2. The number of carboxylic acid groups (broad SMARTS) is 1. The van der Waals surface area contributed by atoms with Crippen molar-refractivity contribution < 1.29 is 14.7 Å². The molecule has 6 nitrogen and oxygen atoms in total. The van der Waals surface area contributed by atoms with E-state index in [1.54, 1.807) is 30.4 Å². The van der Waals surface area contributed by atoms with Crippen molar-refractivity contribution in [3.05, 3.63) is 52.0 Å². The third kappa shape index (κ3) is 5.04. The molecule has 1 aromatic carbocycles. The van der Waals surface area contributed by atoms with Crippen molar-refractivity contribution in [2.24, 2.45) is 5.92 Å². The summed E-state index contributed by atoms with van der Waals surface area (Å²) in [5.41, 5.74) is 0.868. The number of rotatable bonds is 10. The highest BCUT2D eigenvalue weighted by molar-refractivity contribution is 7.09. The zero-order valence-corrected chi connectivity index (χ0v) is 20.3. The van der Waals surface area contributed by atoms with Crippen molar-refractivity contribution in [3.8, 4) is 0 Å². The molecule has 0 fully saturated rings. The first-order valence-electron chi connectivity index (χ1n) is 11.3. The predicted molar refractivity (Wildman–Crippen MR) is 129 cm³/mol. The van der Waals surface area contributed by atoms with Gasteiger partial charge in [0.1, 0.15) is 11.4 Å². The molecule has 1 amide bonds. The van der Waals surface area contributed by atoms with E-state index in [0.717, 1.165) is 36.1 Å². The number of fused-ring (bicyclic) bond motifs is 1. The molecule has 172 valence electrons. The Labute approximate surface area is 193 Å². The maximum atomic E-state index is 13.0. The molecule has 0 bridgehead atoms. The second-order valence-electron chi connectivity index (χ2n) is 9.02. The van der Waals surface area contributed by atoms with E-state index in [9.17, 15) is 14.7 Å². The Balaban J connectivity index is 1.99. The molecule has 2 aromatic heterocycles. The lowest BCUT2D eigenvalue weighted by atomic mass is 9.90. The molecule has 0 aliphatic rings. The maximum absolute atomic E-state index is 13.0. The highest BCUT2D eigenvalue weighted by Gasteiger charge is 2.35. The van der Waals surface area contributed by atoms with Crippen molar-refractivity contribution in [2.45, 2.75) is 71.9 Å². The number of amides is 1. The van der Waals surface area contributed by atoms with E-state index in [1.807, 2.05) is 26.0 Å². The molecule has 32 heavy (non-hydrogen) atoms. The average molecular weight is 456 g/mol. The van der Waals surface area contributed by atoms with Gasteiger partial charge in [0.05, 0.1) is 11.0 Å². The van der Waals surface area contributed by atoms with E-state index < -0.39 is 17.4 Å². The van der Waals surface area contributed by atoms with Gasteiger partial charge < -0.3 is 15.0 Å². The largest absolute Gasteiger partial charge is 0.480 e. The highest BCUT2D eigenvalue weighted by Crippen LogP contribution is 2.28. The fraction of sp³-hybridized carbons (Fsp3) is 0.480. The van der Waals surface area contributed by atoms with E-state index in [-0.39, 0.29) is 5.92 Å². The number of carboxylic acids is 1. The number of carbonyl (C=O) groups is 2. The van der Waals surface area contributed by atoms with Crippen LogP contribution < -0.4 is 5.32 Å². The number of hydrogen-bond donors (Lipinski definition) is 2. The van der Waals surface area contributed by atoms with E-state index in [4.69, 9.17) is 4.98 Å². The lowest BCUT2D eigenvalue weighted by Crippen LogP contribution is -2.53. The lowest BCUT2D eigenvalue weighted by Gasteiger charge is -2.28. The quantitative estimate of drug-likeness (QED) is 0.413. The Hall–Kier alpha value is -2.67. The Morgan fingerprint density at radius 3 is 2.50 bits per heavy atom. The van der Waals surface area contributed by atoms with Gasteiger partial charge in [-0.1, -0.05) is 33.8 Å². The molecule has 0 saturated carbocycles. The summed E-state index contributed by atoms with van der Waals surface area (Å²) in [7, 11) is 0. The second-order valence-corrected chi connectivity index (χ2v) is 10.0. The van der Waals surface area contributed by atoms with Gasteiger partial charge in [-0.05, 0) is 61.7 Å². The van der Waals surface area contributed by atoms with Crippen molar-refractivity contribution in [2.75, 3.05) is 0 Å². The molecule has 0 unspecified atom stereocenters. The van der Waals surface area contributed by atoms with Gasteiger partial charge in [0.2, 0.25) is 0 Å². The third-order valence-corrected chi connectivity index (χ3v) is 6.80. The minimum Gasteiger partial charge on any atom is -0.480 e. The van der Waals surface area contributed by atoms with Gasteiger partial charge in [0, 0.05) is 22.9 Å². The molecule has 1 atom stereocenters.